The fourth-order valence-corrected chi connectivity index (χ4v) is 0.948. The molecule has 0 aliphatic rings. The second kappa shape index (κ2) is 5.80. The Bertz CT molecular complexity index is 184. The number of aromatic nitrogens is 1. The molecule has 0 aliphatic carbocycles. The maximum atomic E-state index is 5.31. The first-order valence-electron chi connectivity index (χ1n) is 4.12. The van der Waals surface area contributed by atoms with E-state index in [1.807, 2.05) is 12.4 Å². The third-order valence-corrected chi connectivity index (χ3v) is 1.63. The van der Waals surface area contributed by atoms with E-state index in [1.54, 1.807) is 7.11 Å². The lowest BCUT2D eigenvalue weighted by atomic mass is 10.3. The first-order valence-corrected chi connectivity index (χ1v) is 4.12. The van der Waals surface area contributed by atoms with Crippen LogP contribution in [-0.4, -0.2) is 31.9 Å². The monoisotopic (exact) mass is 169 g/mol. The summed E-state index contributed by atoms with van der Waals surface area (Å²) in [5.74, 6) is 0. The second-order valence-corrected chi connectivity index (χ2v) is 2.57. The summed E-state index contributed by atoms with van der Waals surface area (Å²) < 4.78 is 10.2. The molecule has 0 spiro atoms. The summed E-state index contributed by atoms with van der Waals surface area (Å²) in [4.78, 5) is 3.00. The number of aromatic amines is 1. The molecule has 0 amide bonds. The van der Waals surface area contributed by atoms with Crippen molar-refractivity contribution >= 4 is 0 Å². The van der Waals surface area contributed by atoms with Crippen LogP contribution in [0.1, 0.15) is 5.56 Å². The molecule has 1 aromatic heterocycles. The molecule has 68 valence electrons. The van der Waals surface area contributed by atoms with Crippen LogP contribution in [-0.2, 0) is 15.9 Å². The molecular weight excluding hydrogens is 154 g/mol. The van der Waals surface area contributed by atoms with Gasteiger partial charge in [0.1, 0.15) is 0 Å². The summed E-state index contributed by atoms with van der Waals surface area (Å²) in [5.41, 5.74) is 1.28. The molecular formula is C9H15NO2. The average molecular weight is 169 g/mol. The molecule has 0 saturated carbocycles. The zero-order valence-electron chi connectivity index (χ0n) is 7.38. The molecule has 0 bridgehead atoms. The van der Waals surface area contributed by atoms with Crippen LogP contribution < -0.4 is 0 Å². The molecule has 0 radical (unpaired) electrons. The highest BCUT2D eigenvalue weighted by Crippen LogP contribution is 1.97. The minimum atomic E-state index is 0.674. The molecule has 1 rings (SSSR count). The highest BCUT2D eigenvalue weighted by Gasteiger charge is 1.92. The van der Waals surface area contributed by atoms with Gasteiger partial charge in [-0.25, -0.2) is 0 Å². The maximum absolute atomic E-state index is 5.31. The third-order valence-electron chi connectivity index (χ3n) is 1.63. The topological polar surface area (TPSA) is 34.2 Å². The van der Waals surface area contributed by atoms with Gasteiger partial charge in [0.05, 0.1) is 19.8 Å². The van der Waals surface area contributed by atoms with Crippen molar-refractivity contribution in [3.63, 3.8) is 0 Å². The fourth-order valence-electron chi connectivity index (χ4n) is 0.948. The van der Waals surface area contributed by atoms with Gasteiger partial charge in [-0.2, -0.15) is 0 Å². The van der Waals surface area contributed by atoms with Crippen LogP contribution in [0.5, 0.6) is 0 Å². The molecule has 0 atom stereocenters. The zero-order valence-corrected chi connectivity index (χ0v) is 7.38. The van der Waals surface area contributed by atoms with E-state index in [-0.39, 0.29) is 0 Å². The Kier molecular flexibility index (Phi) is 4.49. The van der Waals surface area contributed by atoms with E-state index in [0.717, 1.165) is 13.0 Å². The molecule has 1 N–H and O–H groups in total. The van der Waals surface area contributed by atoms with E-state index in [9.17, 15) is 0 Å². The molecule has 0 saturated heterocycles. The average Bonchev–Trinajstić information content (AvgIpc) is 2.57. The van der Waals surface area contributed by atoms with Crippen molar-refractivity contribution in [2.24, 2.45) is 0 Å². The van der Waals surface area contributed by atoms with Crippen LogP contribution in [0.3, 0.4) is 0 Å². The Morgan fingerprint density at radius 3 is 2.92 bits per heavy atom. The molecule has 12 heavy (non-hydrogen) atoms. The summed E-state index contributed by atoms with van der Waals surface area (Å²) >= 11 is 0. The molecule has 1 heterocycles. The number of H-pyrrole nitrogens is 1. The number of rotatable bonds is 6. The van der Waals surface area contributed by atoms with Crippen molar-refractivity contribution < 1.29 is 9.47 Å². The SMILES string of the molecule is COCCOCCc1cc[nH]c1. The zero-order chi connectivity index (χ0) is 8.65. The Labute approximate surface area is 72.7 Å². The summed E-state index contributed by atoms with van der Waals surface area (Å²) in [7, 11) is 1.68. The highest BCUT2D eigenvalue weighted by molar-refractivity contribution is 5.07. The van der Waals surface area contributed by atoms with Gasteiger partial charge in [-0.15, -0.1) is 0 Å². The lowest BCUT2D eigenvalue weighted by Crippen LogP contribution is -2.04. The lowest BCUT2D eigenvalue weighted by Gasteiger charge is -2.01. The van der Waals surface area contributed by atoms with Crippen LogP contribution >= 0.6 is 0 Å². The molecule has 0 aliphatic heterocycles. The Morgan fingerprint density at radius 1 is 1.33 bits per heavy atom. The Balaban J connectivity index is 1.96. The number of nitrogens with one attached hydrogen (secondary N) is 1. The maximum Gasteiger partial charge on any atom is 0.0700 e. The van der Waals surface area contributed by atoms with Gasteiger partial charge in [-0.1, -0.05) is 0 Å². The normalized spacial score (nSPS) is 10.4. The summed E-state index contributed by atoms with van der Waals surface area (Å²) in [5, 5.41) is 0. The minimum absolute atomic E-state index is 0.674. The standard InChI is InChI=1S/C9H15NO2/c1-11-6-7-12-5-3-9-2-4-10-8-9/h2,4,8,10H,3,5-7H2,1H3. The molecule has 3 heteroatoms. The van der Waals surface area contributed by atoms with E-state index in [4.69, 9.17) is 9.47 Å². The molecule has 3 nitrogen and oxygen atoms in total. The van der Waals surface area contributed by atoms with Crippen LogP contribution in [0, 0.1) is 0 Å². The first-order chi connectivity index (χ1) is 5.93. The van der Waals surface area contributed by atoms with Crippen LogP contribution in [0.25, 0.3) is 0 Å². The van der Waals surface area contributed by atoms with E-state index >= 15 is 0 Å². The summed E-state index contributed by atoms with van der Waals surface area (Å²) in [6.07, 6.45) is 4.87. The van der Waals surface area contributed by atoms with Gasteiger partial charge in [-0.05, 0) is 18.1 Å². The Hall–Kier alpha value is -0.800. The Morgan fingerprint density at radius 2 is 2.25 bits per heavy atom. The summed E-state index contributed by atoms with van der Waals surface area (Å²) in [6.45, 7) is 2.12. The van der Waals surface area contributed by atoms with E-state index in [1.165, 1.54) is 5.56 Å². The molecule has 0 aromatic carbocycles. The quantitative estimate of drug-likeness (QED) is 0.650. The van der Waals surface area contributed by atoms with Crippen molar-refractivity contribution in [3.05, 3.63) is 24.0 Å². The van der Waals surface area contributed by atoms with Gasteiger partial charge in [-0.3, -0.25) is 0 Å². The highest BCUT2D eigenvalue weighted by atomic mass is 16.5. The van der Waals surface area contributed by atoms with Gasteiger partial charge in [0, 0.05) is 19.5 Å². The number of methoxy groups -OCH3 is 1. The van der Waals surface area contributed by atoms with Gasteiger partial charge >= 0.3 is 0 Å². The van der Waals surface area contributed by atoms with Gasteiger partial charge in [0.2, 0.25) is 0 Å². The van der Waals surface area contributed by atoms with Gasteiger partial charge in [0.25, 0.3) is 0 Å². The number of hydrogen-bond acceptors (Lipinski definition) is 2. The van der Waals surface area contributed by atoms with Crippen LogP contribution in [0.15, 0.2) is 18.5 Å². The van der Waals surface area contributed by atoms with Crippen LogP contribution in [0.4, 0.5) is 0 Å². The van der Waals surface area contributed by atoms with Crippen molar-refractivity contribution in [3.8, 4) is 0 Å². The first kappa shape index (κ1) is 9.29. The van der Waals surface area contributed by atoms with Crippen molar-refractivity contribution in [1.29, 1.82) is 0 Å². The van der Waals surface area contributed by atoms with Crippen molar-refractivity contribution in [2.75, 3.05) is 26.9 Å². The molecule has 1 aromatic rings. The third kappa shape index (κ3) is 3.55. The van der Waals surface area contributed by atoms with E-state index < -0.39 is 0 Å². The predicted octanol–water partition coefficient (Wildman–Crippen LogP) is 1.22. The predicted molar refractivity (Wildman–Crippen MR) is 47.2 cm³/mol. The van der Waals surface area contributed by atoms with Gasteiger partial charge in [0.15, 0.2) is 0 Å². The second-order valence-electron chi connectivity index (χ2n) is 2.57. The van der Waals surface area contributed by atoms with Crippen LogP contribution in [0.2, 0.25) is 0 Å². The van der Waals surface area contributed by atoms with Crippen molar-refractivity contribution in [2.45, 2.75) is 6.42 Å². The molecule has 0 unspecified atom stereocenters. The smallest absolute Gasteiger partial charge is 0.0700 e. The molecule has 0 fully saturated rings. The minimum Gasteiger partial charge on any atom is -0.382 e. The van der Waals surface area contributed by atoms with E-state index in [2.05, 4.69) is 11.1 Å². The lowest BCUT2D eigenvalue weighted by molar-refractivity contribution is 0.0722. The van der Waals surface area contributed by atoms with Gasteiger partial charge < -0.3 is 14.5 Å². The number of hydrogen-bond donors (Lipinski definition) is 1. The van der Waals surface area contributed by atoms with E-state index in [0.29, 0.717) is 13.2 Å². The fraction of sp³-hybridized carbons (Fsp3) is 0.556. The number of ether oxygens (including phenoxy) is 2. The largest absolute Gasteiger partial charge is 0.382 e. The van der Waals surface area contributed by atoms with Crippen molar-refractivity contribution in [1.82, 2.24) is 4.98 Å². The summed E-state index contributed by atoms with van der Waals surface area (Å²) in [6, 6.07) is 2.06.